The van der Waals surface area contributed by atoms with Crippen molar-refractivity contribution < 1.29 is 4.58 Å². The summed E-state index contributed by atoms with van der Waals surface area (Å²) in [5, 5.41) is 2.86. The number of nitrogens with zero attached hydrogens (tertiary/aromatic N) is 1. The summed E-state index contributed by atoms with van der Waals surface area (Å²) in [5.74, 6) is 5.89. The van der Waals surface area contributed by atoms with Crippen molar-refractivity contribution in [3.63, 3.8) is 0 Å². The van der Waals surface area contributed by atoms with Crippen LogP contribution >= 0.6 is 12.4 Å². The Balaban J connectivity index is 0. The molecule has 0 aliphatic rings. The first-order valence-electron chi connectivity index (χ1n) is 2.41. The van der Waals surface area contributed by atoms with Gasteiger partial charge in [0.2, 0.25) is 0 Å². The van der Waals surface area contributed by atoms with Crippen LogP contribution in [0.2, 0.25) is 0 Å². The molecule has 0 amide bonds. The van der Waals surface area contributed by atoms with E-state index in [0.29, 0.717) is 0 Å². The average molecular weight is 154 g/mol. The second-order valence-corrected chi connectivity index (χ2v) is 1.64. The summed E-state index contributed by atoms with van der Waals surface area (Å²) in [7, 11) is 5.59. The first-order chi connectivity index (χ1) is 3.72. The molecule has 9 heavy (non-hydrogen) atoms. The van der Waals surface area contributed by atoms with Crippen molar-refractivity contribution in [3.05, 3.63) is 0 Å². The van der Waals surface area contributed by atoms with E-state index in [1.54, 1.807) is 7.05 Å². The van der Waals surface area contributed by atoms with Crippen LogP contribution in [0.1, 0.15) is 0 Å². The van der Waals surface area contributed by atoms with Crippen LogP contribution in [0.4, 0.5) is 0 Å². The van der Waals surface area contributed by atoms with Gasteiger partial charge in [-0.15, -0.1) is 12.4 Å². The summed E-state index contributed by atoms with van der Waals surface area (Å²) in [6.45, 7) is 0. The van der Waals surface area contributed by atoms with E-state index in [2.05, 4.69) is 10.7 Å². The van der Waals surface area contributed by atoms with Crippen molar-refractivity contribution in [3.8, 4) is 0 Å². The van der Waals surface area contributed by atoms with Crippen LogP contribution in [0.25, 0.3) is 0 Å². The SMILES string of the molecule is CNC(NN)=[N+](C)C.Cl. The van der Waals surface area contributed by atoms with Gasteiger partial charge in [0, 0.05) is 0 Å². The van der Waals surface area contributed by atoms with Crippen molar-refractivity contribution >= 4 is 18.4 Å². The number of nitrogens with one attached hydrogen (secondary N) is 2. The van der Waals surface area contributed by atoms with Gasteiger partial charge in [0.05, 0.1) is 21.1 Å². The highest BCUT2D eigenvalue weighted by molar-refractivity contribution is 5.85. The summed E-state index contributed by atoms with van der Waals surface area (Å²) < 4.78 is 1.85. The quantitative estimate of drug-likeness (QED) is 0.134. The lowest BCUT2D eigenvalue weighted by atomic mass is 10.9. The van der Waals surface area contributed by atoms with Gasteiger partial charge in [0.15, 0.2) is 0 Å². The van der Waals surface area contributed by atoms with Gasteiger partial charge < -0.3 is 0 Å². The Bertz CT molecular complexity index is 90.7. The monoisotopic (exact) mass is 153 g/mol. The fraction of sp³-hybridized carbons (Fsp3) is 0.750. The van der Waals surface area contributed by atoms with Crippen molar-refractivity contribution in [1.29, 1.82) is 0 Å². The molecule has 4 N–H and O–H groups in total. The summed E-state index contributed by atoms with van der Waals surface area (Å²) in [6.07, 6.45) is 0. The van der Waals surface area contributed by atoms with E-state index < -0.39 is 0 Å². The Morgan fingerprint density at radius 1 is 1.44 bits per heavy atom. The largest absolute Gasteiger partial charge is 0.362 e. The zero-order valence-electron chi connectivity index (χ0n) is 5.93. The number of halogens is 1. The van der Waals surface area contributed by atoms with E-state index in [9.17, 15) is 0 Å². The Morgan fingerprint density at radius 2 is 1.89 bits per heavy atom. The fourth-order valence-electron chi connectivity index (χ4n) is 0.425. The Kier molecular flexibility index (Phi) is 7.12. The van der Waals surface area contributed by atoms with Crippen LogP contribution in [-0.4, -0.2) is 31.7 Å². The van der Waals surface area contributed by atoms with E-state index in [4.69, 9.17) is 5.84 Å². The molecule has 0 spiro atoms. The van der Waals surface area contributed by atoms with Crippen LogP contribution in [-0.2, 0) is 0 Å². The Hall–Kier alpha value is -0.480. The zero-order valence-corrected chi connectivity index (χ0v) is 6.75. The zero-order chi connectivity index (χ0) is 6.57. The number of hydrazine groups is 1. The fourth-order valence-corrected chi connectivity index (χ4v) is 0.425. The van der Waals surface area contributed by atoms with E-state index in [1.807, 2.05) is 18.7 Å². The average Bonchev–Trinajstić information content (AvgIpc) is 1.69. The van der Waals surface area contributed by atoms with E-state index in [0.717, 1.165) is 5.96 Å². The first kappa shape index (κ1) is 11.3. The smallest absolute Gasteiger partial charge is 0.279 e. The lowest BCUT2D eigenvalue weighted by Crippen LogP contribution is -2.44. The van der Waals surface area contributed by atoms with Gasteiger partial charge in [-0.05, 0) is 0 Å². The summed E-state index contributed by atoms with van der Waals surface area (Å²) in [5.41, 5.74) is 2.48. The second-order valence-electron chi connectivity index (χ2n) is 1.64. The number of hydrogen-bond donors (Lipinski definition) is 3. The Morgan fingerprint density at radius 3 is 1.89 bits per heavy atom. The van der Waals surface area contributed by atoms with Crippen LogP contribution in [0.3, 0.4) is 0 Å². The molecular formula is C4H14ClN4+. The molecule has 0 unspecified atom stereocenters. The molecule has 0 saturated heterocycles. The highest BCUT2D eigenvalue weighted by Gasteiger charge is 1.96. The minimum absolute atomic E-state index is 0. The normalized spacial score (nSPS) is 7.11. The summed E-state index contributed by atoms with van der Waals surface area (Å²) >= 11 is 0. The highest BCUT2D eigenvalue weighted by atomic mass is 35.5. The van der Waals surface area contributed by atoms with Gasteiger partial charge in [0.1, 0.15) is 0 Å². The van der Waals surface area contributed by atoms with Crippen LogP contribution < -0.4 is 16.6 Å². The highest BCUT2D eigenvalue weighted by Crippen LogP contribution is 1.54. The number of guanidine groups is 1. The lowest BCUT2D eigenvalue weighted by Gasteiger charge is -1.98. The van der Waals surface area contributed by atoms with Gasteiger partial charge in [-0.25, -0.2) is 5.43 Å². The van der Waals surface area contributed by atoms with E-state index in [1.165, 1.54) is 0 Å². The van der Waals surface area contributed by atoms with Crippen molar-refractivity contribution in [2.24, 2.45) is 5.84 Å². The molecule has 56 valence electrons. The van der Waals surface area contributed by atoms with Crippen LogP contribution in [0.15, 0.2) is 0 Å². The van der Waals surface area contributed by atoms with Gasteiger partial charge in [-0.3, -0.25) is 9.89 Å². The third kappa shape index (κ3) is 4.05. The predicted octanol–water partition coefficient (Wildman–Crippen LogP) is -1.28. The molecule has 0 saturated carbocycles. The van der Waals surface area contributed by atoms with Gasteiger partial charge in [-0.2, -0.15) is 5.84 Å². The molecule has 0 atom stereocenters. The van der Waals surface area contributed by atoms with Crippen molar-refractivity contribution in [2.75, 3.05) is 21.1 Å². The van der Waals surface area contributed by atoms with E-state index in [-0.39, 0.29) is 12.4 Å². The standard InChI is InChI=1S/C4H12N4.ClH/c1-6-4(7-5)8(2)3;/h5H2,1-3H3,(H,6,7);1H/p+1. The Labute approximate surface area is 61.5 Å². The van der Waals surface area contributed by atoms with Crippen LogP contribution in [0.5, 0.6) is 0 Å². The number of rotatable bonds is 0. The molecule has 0 fully saturated rings. The van der Waals surface area contributed by atoms with Gasteiger partial charge in [0.25, 0.3) is 0 Å². The predicted molar refractivity (Wildman–Crippen MR) is 40.7 cm³/mol. The molecule has 0 bridgehead atoms. The molecule has 0 aromatic heterocycles. The van der Waals surface area contributed by atoms with E-state index >= 15 is 0 Å². The first-order valence-corrected chi connectivity index (χ1v) is 2.41. The molecule has 0 heterocycles. The minimum Gasteiger partial charge on any atom is -0.279 e. The molecule has 0 aromatic rings. The molecule has 0 aliphatic heterocycles. The lowest BCUT2D eigenvalue weighted by molar-refractivity contribution is -0.468. The maximum absolute atomic E-state index is 5.09. The second kappa shape index (κ2) is 5.65. The molecule has 0 aromatic carbocycles. The van der Waals surface area contributed by atoms with Crippen molar-refractivity contribution in [2.45, 2.75) is 0 Å². The summed E-state index contributed by atoms with van der Waals surface area (Å²) in [6, 6.07) is 0. The third-order valence-corrected chi connectivity index (χ3v) is 0.821. The minimum atomic E-state index is 0. The maximum Gasteiger partial charge on any atom is 0.362 e. The molecule has 0 rings (SSSR count). The van der Waals surface area contributed by atoms with Gasteiger partial charge in [-0.1, -0.05) is 0 Å². The number of nitrogens with two attached hydrogens (primary N) is 1. The number of hydrogen-bond acceptors (Lipinski definition) is 1. The molecule has 4 nitrogen and oxygen atoms in total. The van der Waals surface area contributed by atoms with Crippen LogP contribution in [0, 0.1) is 0 Å². The third-order valence-electron chi connectivity index (χ3n) is 0.821. The van der Waals surface area contributed by atoms with Crippen molar-refractivity contribution in [1.82, 2.24) is 10.7 Å². The maximum atomic E-state index is 5.09. The topological polar surface area (TPSA) is 53.1 Å². The molecule has 5 heteroatoms. The molecule has 0 aliphatic carbocycles. The molecular weight excluding hydrogens is 140 g/mol. The molecule has 0 radical (unpaired) electrons. The van der Waals surface area contributed by atoms with Gasteiger partial charge >= 0.3 is 5.96 Å². The summed E-state index contributed by atoms with van der Waals surface area (Å²) in [4.78, 5) is 0.